The second-order valence-electron chi connectivity index (χ2n) is 6.53. The standard InChI is InChI=1S/C22H28Cl2N2/c1-2-3-4-8-13-25-17-20(26-16-18-9-6-5-7-10-18)14-19-11-12-21(23)22(24)15-19/h5-7,9-12,15,25H,2-4,8,13-14,16-17H2,1H3. The molecular formula is C22H28Cl2N2. The number of benzene rings is 2. The summed E-state index contributed by atoms with van der Waals surface area (Å²) in [6, 6.07) is 16.2. The van der Waals surface area contributed by atoms with Crippen LogP contribution in [0.4, 0.5) is 0 Å². The quantitative estimate of drug-likeness (QED) is 0.350. The zero-order chi connectivity index (χ0) is 18.6. The second-order valence-corrected chi connectivity index (χ2v) is 7.35. The molecule has 0 aliphatic carbocycles. The average molecular weight is 391 g/mol. The third-order valence-corrected chi connectivity index (χ3v) is 5.00. The molecule has 2 aromatic rings. The summed E-state index contributed by atoms with van der Waals surface area (Å²) in [5.41, 5.74) is 3.50. The number of aliphatic imine (C=N–C) groups is 1. The lowest BCUT2D eigenvalue weighted by molar-refractivity contribution is 0.623. The molecule has 0 spiro atoms. The highest BCUT2D eigenvalue weighted by molar-refractivity contribution is 6.42. The molecule has 26 heavy (non-hydrogen) atoms. The van der Waals surface area contributed by atoms with E-state index in [1.807, 2.05) is 24.3 Å². The maximum absolute atomic E-state index is 6.16. The first-order valence-corrected chi connectivity index (χ1v) is 10.2. The van der Waals surface area contributed by atoms with E-state index in [-0.39, 0.29) is 0 Å². The Morgan fingerprint density at radius 2 is 1.73 bits per heavy atom. The van der Waals surface area contributed by atoms with Crippen molar-refractivity contribution >= 4 is 28.9 Å². The fourth-order valence-electron chi connectivity index (χ4n) is 2.76. The van der Waals surface area contributed by atoms with Crippen LogP contribution < -0.4 is 5.32 Å². The van der Waals surface area contributed by atoms with E-state index in [0.29, 0.717) is 16.6 Å². The van der Waals surface area contributed by atoms with Crippen molar-refractivity contribution in [3.8, 4) is 0 Å². The van der Waals surface area contributed by atoms with Crippen molar-refractivity contribution in [2.75, 3.05) is 13.1 Å². The highest BCUT2D eigenvalue weighted by Crippen LogP contribution is 2.23. The lowest BCUT2D eigenvalue weighted by atomic mass is 10.1. The summed E-state index contributed by atoms with van der Waals surface area (Å²) in [6.07, 6.45) is 5.85. The first kappa shape index (κ1) is 21.0. The third-order valence-electron chi connectivity index (χ3n) is 4.26. The summed E-state index contributed by atoms with van der Waals surface area (Å²) in [4.78, 5) is 4.85. The molecule has 1 N–H and O–H groups in total. The SMILES string of the molecule is CCCCCCNCC(Cc1ccc(Cl)c(Cl)c1)=NCc1ccccc1. The van der Waals surface area contributed by atoms with Crippen LogP contribution in [0.25, 0.3) is 0 Å². The minimum absolute atomic E-state index is 0.590. The van der Waals surface area contributed by atoms with Gasteiger partial charge in [-0.25, -0.2) is 0 Å². The number of unbranched alkanes of at least 4 members (excludes halogenated alkanes) is 3. The van der Waals surface area contributed by atoms with Crippen LogP contribution in [0, 0.1) is 0 Å². The summed E-state index contributed by atoms with van der Waals surface area (Å²) in [6.45, 7) is 4.78. The van der Waals surface area contributed by atoms with Crippen molar-refractivity contribution < 1.29 is 0 Å². The Hall–Kier alpha value is -1.35. The van der Waals surface area contributed by atoms with Gasteiger partial charge < -0.3 is 5.32 Å². The van der Waals surface area contributed by atoms with E-state index in [0.717, 1.165) is 30.8 Å². The van der Waals surface area contributed by atoms with Crippen molar-refractivity contribution in [1.82, 2.24) is 5.32 Å². The Morgan fingerprint density at radius 1 is 0.923 bits per heavy atom. The minimum Gasteiger partial charge on any atom is -0.311 e. The van der Waals surface area contributed by atoms with Gasteiger partial charge in [0.1, 0.15) is 0 Å². The van der Waals surface area contributed by atoms with Crippen molar-refractivity contribution in [3.05, 3.63) is 69.7 Å². The molecule has 140 valence electrons. The molecule has 0 heterocycles. The van der Waals surface area contributed by atoms with Crippen LogP contribution in [-0.4, -0.2) is 18.8 Å². The van der Waals surface area contributed by atoms with Gasteiger partial charge in [0.2, 0.25) is 0 Å². The van der Waals surface area contributed by atoms with E-state index in [1.165, 1.54) is 31.2 Å². The molecular weight excluding hydrogens is 363 g/mol. The fourth-order valence-corrected chi connectivity index (χ4v) is 3.08. The van der Waals surface area contributed by atoms with Crippen LogP contribution in [0.2, 0.25) is 10.0 Å². The van der Waals surface area contributed by atoms with E-state index >= 15 is 0 Å². The topological polar surface area (TPSA) is 24.4 Å². The number of nitrogens with one attached hydrogen (secondary N) is 1. The molecule has 0 aliphatic heterocycles. The molecule has 0 atom stereocenters. The van der Waals surface area contributed by atoms with Gasteiger partial charge in [0, 0.05) is 18.7 Å². The van der Waals surface area contributed by atoms with Crippen LogP contribution in [0.3, 0.4) is 0 Å². The van der Waals surface area contributed by atoms with Crippen LogP contribution in [-0.2, 0) is 13.0 Å². The fraction of sp³-hybridized carbons (Fsp3) is 0.409. The van der Waals surface area contributed by atoms with E-state index in [2.05, 4.69) is 36.5 Å². The molecule has 0 unspecified atom stereocenters. The Morgan fingerprint density at radius 3 is 2.46 bits per heavy atom. The summed E-state index contributed by atoms with van der Waals surface area (Å²) in [5, 5.41) is 4.72. The van der Waals surface area contributed by atoms with Gasteiger partial charge in [0.25, 0.3) is 0 Å². The second kappa shape index (κ2) is 12.1. The number of halogens is 2. The lowest BCUT2D eigenvalue weighted by Gasteiger charge is -2.10. The first-order chi connectivity index (χ1) is 12.7. The molecule has 2 rings (SSSR count). The van der Waals surface area contributed by atoms with Crippen LogP contribution >= 0.6 is 23.2 Å². The molecule has 4 heteroatoms. The zero-order valence-electron chi connectivity index (χ0n) is 15.5. The normalized spacial score (nSPS) is 11.7. The maximum atomic E-state index is 6.16. The predicted molar refractivity (Wildman–Crippen MR) is 115 cm³/mol. The van der Waals surface area contributed by atoms with Gasteiger partial charge >= 0.3 is 0 Å². The first-order valence-electron chi connectivity index (χ1n) is 9.39. The van der Waals surface area contributed by atoms with Gasteiger partial charge in [-0.05, 0) is 36.2 Å². The Labute approximate surface area is 167 Å². The average Bonchev–Trinajstić information content (AvgIpc) is 2.66. The van der Waals surface area contributed by atoms with Crippen molar-refractivity contribution in [3.63, 3.8) is 0 Å². The molecule has 0 saturated heterocycles. The highest BCUT2D eigenvalue weighted by atomic mass is 35.5. The molecule has 0 bridgehead atoms. The van der Waals surface area contributed by atoms with Gasteiger partial charge in [-0.3, -0.25) is 4.99 Å². The van der Waals surface area contributed by atoms with Crippen LogP contribution in [0.15, 0.2) is 53.5 Å². The molecule has 2 aromatic carbocycles. The Balaban J connectivity index is 1.96. The Bertz CT molecular complexity index is 684. The van der Waals surface area contributed by atoms with Gasteiger partial charge in [-0.2, -0.15) is 0 Å². The van der Waals surface area contributed by atoms with E-state index in [1.54, 1.807) is 0 Å². The number of rotatable bonds is 11. The minimum atomic E-state index is 0.590. The van der Waals surface area contributed by atoms with Gasteiger partial charge in [0.05, 0.1) is 16.6 Å². The van der Waals surface area contributed by atoms with Gasteiger partial charge in [-0.1, -0.05) is 85.8 Å². The summed E-state index contributed by atoms with van der Waals surface area (Å²) in [7, 11) is 0. The Kier molecular flexibility index (Phi) is 9.76. The zero-order valence-corrected chi connectivity index (χ0v) is 17.0. The summed E-state index contributed by atoms with van der Waals surface area (Å²) in [5.74, 6) is 0. The monoisotopic (exact) mass is 390 g/mol. The summed E-state index contributed by atoms with van der Waals surface area (Å²) >= 11 is 12.2. The van der Waals surface area contributed by atoms with Crippen molar-refractivity contribution in [2.24, 2.45) is 4.99 Å². The van der Waals surface area contributed by atoms with E-state index in [4.69, 9.17) is 28.2 Å². The molecule has 0 saturated carbocycles. The molecule has 0 fully saturated rings. The predicted octanol–water partition coefficient (Wildman–Crippen LogP) is 6.35. The number of hydrogen-bond acceptors (Lipinski definition) is 2. The molecule has 0 radical (unpaired) electrons. The van der Waals surface area contributed by atoms with Gasteiger partial charge in [-0.15, -0.1) is 0 Å². The van der Waals surface area contributed by atoms with Crippen LogP contribution in [0.1, 0.15) is 43.7 Å². The number of hydrogen-bond donors (Lipinski definition) is 1. The smallest absolute Gasteiger partial charge is 0.0639 e. The number of nitrogens with zero attached hydrogens (tertiary/aromatic N) is 1. The summed E-state index contributed by atoms with van der Waals surface area (Å²) < 4.78 is 0. The van der Waals surface area contributed by atoms with Gasteiger partial charge in [0.15, 0.2) is 0 Å². The maximum Gasteiger partial charge on any atom is 0.0639 e. The third kappa shape index (κ3) is 7.90. The highest BCUT2D eigenvalue weighted by Gasteiger charge is 2.05. The molecule has 2 nitrogen and oxygen atoms in total. The molecule has 0 aliphatic rings. The van der Waals surface area contributed by atoms with Crippen LogP contribution in [0.5, 0.6) is 0 Å². The largest absolute Gasteiger partial charge is 0.311 e. The van der Waals surface area contributed by atoms with E-state index < -0.39 is 0 Å². The van der Waals surface area contributed by atoms with Crippen molar-refractivity contribution in [2.45, 2.75) is 45.6 Å². The molecule has 0 aromatic heterocycles. The molecule has 0 amide bonds. The van der Waals surface area contributed by atoms with E-state index in [9.17, 15) is 0 Å². The lowest BCUT2D eigenvalue weighted by Crippen LogP contribution is -2.25. The van der Waals surface area contributed by atoms with Crippen molar-refractivity contribution in [1.29, 1.82) is 0 Å².